The molecule has 3 aromatic carbocycles. The maximum absolute atomic E-state index is 14.2. The Bertz CT molecular complexity index is 1500. The van der Waals surface area contributed by atoms with Crippen LogP contribution in [0.2, 0.25) is 10.0 Å². The van der Waals surface area contributed by atoms with Crippen molar-refractivity contribution in [2.45, 2.75) is 38.8 Å². The summed E-state index contributed by atoms with van der Waals surface area (Å²) in [5.74, 6) is -0.231. The fraction of sp³-hybridized carbons (Fsp3) is 0.355. The number of hydrogen-bond donors (Lipinski definition) is 1. The van der Waals surface area contributed by atoms with E-state index in [0.29, 0.717) is 33.7 Å². The molecule has 0 aromatic heterocycles. The molecule has 43 heavy (non-hydrogen) atoms. The molecule has 0 aliphatic carbocycles. The maximum Gasteiger partial charge on any atom is 0.244 e. The van der Waals surface area contributed by atoms with Gasteiger partial charge in [0.25, 0.3) is 0 Å². The summed E-state index contributed by atoms with van der Waals surface area (Å²) < 4.78 is 37.7. The molecule has 2 amide bonds. The summed E-state index contributed by atoms with van der Waals surface area (Å²) in [7, 11) is -1.05. The van der Waals surface area contributed by atoms with Gasteiger partial charge in [0.1, 0.15) is 12.6 Å². The fourth-order valence-electron chi connectivity index (χ4n) is 4.49. The van der Waals surface area contributed by atoms with Crippen LogP contribution in [-0.2, 0) is 32.6 Å². The average Bonchev–Trinajstić information content (AvgIpc) is 2.99. The first-order chi connectivity index (χ1) is 20.5. The van der Waals surface area contributed by atoms with Crippen LogP contribution in [0, 0.1) is 0 Å². The van der Waals surface area contributed by atoms with E-state index in [9.17, 15) is 18.0 Å². The van der Waals surface area contributed by atoms with Crippen molar-refractivity contribution in [3.05, 3.63) is 87.9 Å². The predicted molar refractivity (Wildman–Crippen MR) is 171 cm³/mol. The lowest BCUT2D eigenvalue weighted by Gasteiger charge is -2.33. The molecule has 0 saturated carbocycles. The minimum Gasteiger partial charge on any atom is -0.493 e. The van der Waals surface area contributed by atoms with Gasteiger partial charge in [-0.05, 0) is 41.8 Å². The zero-order chi connectivity index (χ0) is 31.6. The largest absolute Gasteiger partial charge is 0.493 e. The first kappa shape index (κ1) is 34.0. The van der Waals surface area contributed by atoms with Crippen LogP contribution >= 0.6 is 23.2 Å². The van der Waals surface area contributed by atoms with E-state index in [2.05, 4.69) is 5.32 Å². The van der Waals surface area contributed by atoms with Crippen LogP contribution in [0.1, 0.15) is 30.9 Å². The molecular formula is C31H37Cl2N3O6S. The lowest BCUT2D eigenvalue weighted by Crippen LogP contribution is -2.53. The third-order valence-corrected chi connectivity index (χ3v) is 8.65. The van der Waals surface area contributed by atoms with Crippen molar-refractivity contribution in [1.82, 2.24) is 10.2 Å². The number of halogens is 2. The smallest absolute Gasteiger partial charge is 0.244 e. The number of ether oxygens (including phenoxy) is 2. The number of hydrogen-bond acceptors (Lipinski definition) is 6. The van der Waals surface area contributed by atoms with Gasteiger partial charge in [0, 0.05) is 25.6 Å². The van der Waals surface area contributed by atoms with Gasteiger partial charge in [-0.25, -0.2) is 8.42 Å². The number of rotatable bonds is 15. The molecule has 0 fully saturated rings. The Morgan fingerprint density at radius 2 is 1.60 bits per heavy atom. The Labute approximate surface area is 263 Å². The van der Waals surface area contributed by atoms with Gasteiger partial charge in [0.2, 0.25) is 21.8 Å². The summed E-state index contributed by atoms with van der Waals surface area (Å²) in [6.45, 7) is 1.87. The maximum atomic E-state index is 14.2. The third kappa shape index (κ3) is 9.51. The number of amides is 2. The highest BCUT2D eigenvalue weighted by Crippen LogP contribution is 2.32. The third-order valence-electron chi connectivity index (χ3n) is 6.77. The summed E-state index contributed by atoms with van der Waals surface area (Å²) in [6.07, 6.45) is 2.87. The Balaban J connectivity index is 2.08. The quantitative estimate of drug-likeness (QED) is 0.223. The van der Waals surface area contributed by atoms with Gasteiger partial charge in [-0.1, -0.05) is 72.9 Å². The number of sulfonamides is 1. The minimum atomic E-state index is -3.95. The number of benzene rings is 3. The Morgan fingerprint density at radius 1 is 0.907 bits per heavy atom. The highest BCUT2D eigenvalue weighted by molar-refractivity contribution is 7.92. The molecule has 3 rings (SSSR count). The van der Waals surface area contributed by atoms with Gasteiger partial charge in [0.05, 0.1) is 36.2 Å². The van der Waals surface area contributed by atoms with E-state index in [0.717, 1.165) is 29.0 Å². The van der Waals surface area contributed by atoms with Gasteiger partial charge in [0.15, 0.2) is 11.5 Å². The van der Waals surface area contributed by atoms with Gasteiger partial charge in [-0.2, -0.15) is 0 Å². The minimum absolute atomic E-state index is 0.0159. The van der Waals surface area contributed by atoms with Crippen LogP contribution in [0.4, 0.5) is 5.69 Å². The number of unbranched alkanes of at least 4 members (excludes halogenated alkanes) is 1. The number of anilines is 1. The second-order valence-corrected chi connectivity index (χ2v) is 12.7. The van der Waals surface area contributed by atoms with Crippen molar-refractivity contribution in [1.29, 1.82) is 0 Å². The second kappa shape index (κ2) is 15.8. The summed E-state index contributed by atoms with van der Waals surface area (Å²) in [6, 6.07) is 17.9. The molecule has 0 bridgehead atoms. The SMILES string of the molecule is CCCCNC(=O)C(Cc1ccccc1)N(Cc1ccc(Cl)c(Cl)c1)C(=O)CN(c1ccc(OC)c(OC)c1)S(C)(=O)=O. The van der Waals surface area contributed by atoms with E-state index in [1.807, 2.05) is 37.3 Å². The van der Waals surface area contributed by atoms with E-state index in [4.69, 9.17) is 32.7 Å². The topological polar surface area (TPSA) is 105 Å². The number of carbonyl (C=O) groups is 2. The molecule has 0 saturated heterocycles. The molecule has 0 aliphatic heterocycles. The zero-order valence-electron chi connectivity index (χ0n) is 24.7. The van der Waals surface area contributed by atoms with Gasteiger partial charge < -0.3 is 19.7 Å². The normalized spacial score (nSPS) is 11.9. The van der Waals surface area contributed by atoms with Crippen molar-refractivity contribution in [2.75, 3.05) is 37.9 Å². The van der Waals surface area contributed by atoms with E-state index in [1.54, 1.807) is 24.3 Å². The molecule has 1 atom stereocenters. The zero-order valence-corrected chi connectivity index (χ0v) is 27.0. The number of nitrogens with one attached hydrogen (secondary N) is 1. The summed E-state index contributed by atoms with van der Waals surface area (Å²) in [5, 5.41) is 3.58. The number of nitrogens with zero attached hydrogens (tertiary/aromatic N) is 2. The van der Waals surface area contributed by atoms with Crippen molar-refractivity contribution >= 4 is 50.7 Å². The fourth-order valence-corrected chi connectivity index (χ4v) is 5.65. The van der Waals surface area contributed by atoms with Crippen LogP contribution in [0.25, 0.3) is 0 Å². The summed E-state index contributed by atoms with van der Waals surface area (Å²) >= 11 is 12.4. The molecule has 1 N–H and O–H groups in total. The molecule has 232 valence electrons. The second-order valence-electron chi connectivity index (χ2n) is 9.93. The Morgan fingerprint density at radius 3 is 2.21 bits per heavy atom. The van der Waals surface area contributed by atoms with Crippen LogP contribution in [0.3, 0.4) is 0 Å². The molecule has 9 nitrogen and oxygen atoms in total. The van der Waals surface area contributed by atoms with E-state index < -0.39 is 28.5 Å². The van der Waals surface area contributed by atoms with Crippen LogP contribution in [-0.4, -0.2) is 64.7 Å². The lowest BCUT2D eigenvalue weighted by atomic mass is 10.0. The highest BCUT2D eigenvalue weighted by atomic mass is 35.5. The van der Waals surface area contributed by atoms with Crippen LogP contribution in [0.15, 0.2) is 66.7 Å². The lowest BCUT2D eigenvalue weighted by molar-refractivity contribution is -0.140. The Hall–Kier alpha value is -3.47. The number of carbonyl (C=O) groups excluding carboxylic acids is 2. The van der Waals surface area contributed by atoms with Gasteiger partial charge >= 0.3 is 0 Å². The average molecular weight is 651 g/mol. The monoisotopic (exact) mass is 649 g/mol. The van der Waals surface area contributed by atoms with Crippen molar-refractivity contribution in [2.24, 2.45) is 0 Å². The first-order valence-electron chi connectivity index (χ1n) is 13.7. The van der Waals surface area contributed by atoms with Crippen LogP contribution < -0.4 is 19.1 Å². The molecule has 12 heteroatoms. The Kier molecular flexibility index (Phi) is 12.5. The van der Waals surface area contributed by atoms with Gasteiger partial charge in [-0.15, -0.1) is 0 Å². The van der Waals surface area contributed by atoms with Gasteiger partial charge in [-0.3, -0.25) is 13.9 Å². The van der Waals surface area contributed by atoms with E-state index >= 15 is 0 Å². The highest BCUT2D eigenvalue weighted by Gasteiger charge is 2.33. The standard InChI is InChI=1S/C31H37Cl2N3O6S/c1-5-6-16-34-31(38)27(18-22-10-8-7-9-11-22)35(20-23-12-14-25(32)26(33)17-23)30(37)21-36(43(4,39)40)24-13-15-28(41-2)29(19-24)42-3/h7-15,17,19,27H,5-6,16,18,20-21H2,1-4H3,(H,34,38). The van der Waals surface area contributed by atoms with E-state index in [-0.39, 0.29) is 24.6 Å². The first-order valence-corrected chi connectivity index (χ1v) is 16.3. The molecule has 1 unspecified atom stereocenters. The van der Waals surface area contributed by atoms with E-state index in [1.165, 1.54) is 31.3 Å². The summed E-state index contributed by atoms with van der Waals surface area (Å²) in [5.41, 5.74) is 1.67. The number of methoxy groups -OCH3 is 2. The molecule has 0 spiro atoms. The molecule has 0 heterocycles. The van der Waals surface area contributed by atoms with Crippen molar-refractivity contribution < 1.29 is 27.5 Å². The van der Waals surface area contributed by atoms with Crippen LogP contribution in [0.5, 0.6) is 11.5 Å². The van der Waals surface area contributed by atoms with Crippen molar-refractivity contribution in [3.8, 4) is 11.5 Å². The molecule has 0 radical (unpaired) electrons. The van der Waals surface area contributed by atoms with Crippen molar-refractivity contribution in [3.63, 3.8) is 0 Å². The predicted octanol–water partition coefficient (Wildman–Crippen LogP) is 5.33. The molecular weight excluding hydrogens is 613 g/mol. The summed E-state index contributed by atoms with van der Waals surface area (Å²) in [4.78, 5) is 29.3. The molecule has 0 aliphatic rings. The molecule has 3 aromatic rings.